The van der Waals surface area contributed by atoms with Crippen LogP contribution in [-0.2, 0) is 9.59 Å². The minimum atomic E-state index is -0.203. The van der Waals surface area contributed by atoms with E-state index in [0.29, 0.717) is 22.9 Å². The summed E-state index contributed by atoms with van der Waals surface area (Å²) in [6, 6.07) is 11.8. The Morgan fingerprint density at radius 2 is 1.31 bits per heavy atom. The van der Waals surface area contributed by atoms with Gasteiger partial charge < -0.3 is 9.80 Å². The third-order valence-electron chi connectivity index (χ3n) is 7.18. The van der Waals surface area contributed by atoms with Gasteiger partial charge in [-0.1, -0.05) is 19.9 Å². The summed E-state index contributed by atoms with van der Waals surface area (Å²) in [5.74, 6) is 1.05. The van der Waals surface area contributed by atoms with Gasteiger partial charge in [-0.3, -0.25) is 9.59 Å². The quantitative estimate of drug-likeness (QED) is 0.616. The van der Waals surface area contributed by atoms with Crippen LogP contribution in [0.15, 0.2) is 47.5 Å². The molecule has 5 nitrogen and oxygen atoms in total. The van der Waals surface area contributed by atoms with Crippen LogP contribution in [0.25, 0.3) is 5.57 Å². The molecule has 0 radical (unpaired) electrons. The van der Waals surface area contributed by atoms with E-state index in [1.54, 1.807) is 0 Å². The van der Waals surface area contributed by atoms with Gasteiger partial charge in [-0.25, -0.2) is 4.90 Å². The van der Waals surface area contributed by atoms with Crippen molar-refractivity contribution in [3.63, 3.8) is 0 Å². The Morgan fingerprint density at radius 3 is 1.88 bits per heavy atom. The number of piperidine rings is 2. The molecule has 5 rings (SSSR count). The maximum Gasteiger partial charge on any atom is 0.282 e. The van der Waals surface area contributed by atoms with Crippen molar-refractivity contribution in [1.82, 2.24) is 4.90 Å². The Bertz CT molecular complexity index is 1010. The van der Waals surface area contributed by atoms with Crippen LogP contribution in [0.4, 0.5) is 11.4 Å². The van der Waals surface area contributed by atoms with Gasteiger partial charge in [0.2, 0.25) is 0 Å². The van der Waals surface area contributed by atoms with E-state index in [4.69, 9.17) is 0 Å². The summed E-state index contributed by atoms with van der Waals surface area (Å²) in [5, 5.41) is 1.97. The molecular weight excluding hydrogens is 418 g/mol. The van der Waals surface area contributed by atoms with Crippen molar-refractivity contribution >= 4 is 40.1 Å². The first-order valence-corrected chi connectivity index (χ1v) is 12.7. The summed E-state index contributed by atoms with van der Waals surface area (Å²) in [7, 11) is 0. The molecule has 6 heteroatoms. The normalized spacial score (nSPS) is 21.2. The van der Waals surface area contributed by atoms with E-state index in [-0.39, 0.29) is 11.8 Å². The van der Waals surface area contributed by atoms with Crippen molar-refractivity contribution in [2.45, 2.75) is 39.5 Å². The lowest BCUT2D eigenvalue weighted by atomic mass is 9.98. The van der Waals surface area contributed by atoms with E-state index in [0.717, 1.165) is 55.5 Å². The van der Waals surface area contributed by atoms with Gasteiger partial charge in [0.25, 0.3) is 11.8 Å². The molecule has 2 amide bonds. The van der Waals surface area contributed by atoms with Gasteiger partial charge >= 0.3 is 0 Å². The van der Waals surface area contributed by atoms with Gasteiger partial charge in [-0.2, -0.15) is 0 Å². The summed E-state index contributed by atoms with van der Waals surface area (Å²) >= 11 is 1.52. The van der Waals surface area contributed by atoms with Gasteiger partial charge in [0.15, 0.2) is 0 Å². The largest absolute Gasteiger partial charge is 0.372 e. The number of benzene rings is 1. The molecule has 0 saturated carbocycles. The van der Waals surface area contributed by atoms with Gasteiger partial charge in [-0.15, -0.1) is 11.3 Å². The van der Waals surface area contributed by atoms with Crippen LogP contribution in [0.2, 0.25) is 0 Å². The Kier molecular flexibility index (Phi) is 5.80. The number of anilines is 2. The molecule has 0 aliphatic carbocycles. The molecule has 0 spiro atoms. The molecule has 2 saturated heterocycles. The zero-order valence-electron chi connectivity index (χ0n) is 18.9. The first-order valence-electron chi connectivity index (χ1n) is 11.8. The lowest BCUT2D eigenvalue weighted by Crippen LogP contribution is -2.38. The summed E-state index contributed by atoms with van der Waals surface area (Å²) in [4.78, 5) is 34.0. The minimum absolute atomic E-state index is 0.187. The van der Waals surface area contributed by atoms with Gasteiger partial charge in [0.05, 0.1) is 11.3 Å². The standard InChI is InChI=1S/C26H31N3O2S/c1-18-9-13-27(14-10-18)20-5-7-21(8-6-20)29-25(30)23(22-4-3-17-32-22)24(26(29)31)28-15-11-19(2)12-16-28/h3-8,17-19H,9-16H2,1-2H3. The maximum absolute atomic E-state index is 13.6. The molecule has 3 aliphatic heterocycles. The number of carbonyl (C=O) groups excluding carboxylic acids is 2. The van der Waals surface area contributed by atoms with Crippen molar-refractivity contribution in [1.29, 1.82) is 0 Å². The third-order valence-corrected chi connectivity index (χ3v) is 8.07. The van der Waals surface area contributed by atoms with E-state index in [9.17, 15) is 9.59 Å². The van der Waals surface area contributed by atoms with Crippen LogP contribution < -0.4 is 9.80 Å². The summed E-state index contributed by atoms with van der Waals surface area (Å²) in [6.07, 6.45) is 4.51. The van der Waals surface area contributed by atoms with E-state index in [2.05, 4.69) is 35.8 Å². The molecule has 0 unspecified atom stereocenters. The first kappa shape index (κ1) is 21.3. The minimum Gasteiger partial charge on any atom is -0.372 e. The SMILES string of the molecule is CC1CCN(C2=C(c3cccs3)C(=O)N(c3ccc(N4CCC(C)CC4)cc3)C2=O)CC1. The van der Waals surface area contributed by atoms with E-state index < -0.39 is 0 Å². The van der Waals surface area contributed by atoms with Crippen molar-refractivity contribution in [3.8, 4) is 0 Å². The Balaban J connectivity index is 1.43. The zero-order chi connectivity index (χ0) is 22.2. The number of amides is 2. The van der Waals surface area contributed by atoms with Crippen LogP contribution >= 0.6 is 11.3 Å². The monoisotopic (exact) mass is 449 g/mol. The molecule has 0 atom stereocenters. The lowest BCUT2D eigenvalue weighted by Gasteiger charge is -2.33. The molecular formula is C26H31N3O2S. The molecule has 1 aromatic heterocycles. The fourth-order valence-electron chi connectivity index (χ4n) is 5.00. The highest BCUT2D eigenvalue weighted by Gasteiger charge is 2.43. The molecule has 2 aromatic rings. The highest BCUT2D eigenvalue weighted by atomic mass is 32.1. The predicted octanol–water partition coefficient (Wildman–Crippen LogP) is 5.00. The topological polar surface area (TPSA) is 43.9 Å². The van der Waals surface area contributed by atoms with Gasteiger partial charge in [0, 0.05) is 36.7 Å². The second-order valence-electron chi connectivity index (χ2n) is 9.50. The summed E-state index contributed by atoms with van der Waals surface area (Å²) in [6.45, 7) is 8.33. The molecule has 32 heavy (non-hydrogen) atoms. The van der Waals surface area contributed by atoms with Crippen LogP contribution in [0, 0.1) is 11.8 Å². The number of imide groups is 1. The van der Waals surface area contributed by atoms with Crippen LogP contribution in [0.1, 0.15) is 44.4 Å². The number of likely N-dealkylation sites (tertiary alicyclic amines) is 1. The number of hydrogen-bond donors (Lipinski definition) is 0. The number of rotatable bonds is 4. The Hall–Kier alpha value is -2.60. The fourth-order valence-corrected chi connectivity index (χ4v) is 5.76. The third kappa shape index (κ3) is 3.85. The molecule has 2 fully saturated rings. The molecule has 0 bridgehead atoms. The average molecular weight is 450 g/mol. The van der Waals surface area contributed by atoms with E-state index in [1.807, 2.05) is 29.6 Å². The second-order valence-corrected chi connectivity index (χ2v) is 10.4. The van der Waals surface area contributed by atoms with Crippen LogP contribution in [0.3, 0.4) is 0 Å². The van der Waals surface area contributed by atoms with E-state index >= 15 is 0 Å². The van der Waals surface area contributed by atoms with Crippen molar-refractivity contribution in [3.05, 3.63) is 52.4 Å². The van der Waals surface area contributed by atoms with Crippen molar-refractivity contribution in [2.24, 2.45) is 11.8 Å². The van der Waals surface area contributed by atoms with Crippen LogP contribution in [0.5, 0.6) is 0 Å². The molecule has 4 heterocycles. The highest BCUT2D eigenvalue weighted by molar-refractivity contribution is 7.11. The number of thiophene rings is 1. The number of hydrogen-bond acceptors (Lipinski definition) is 5. The summed E-state index contributed by atoms with van der Waals surface area (Å²) in [5.41, 5.74) is 2.96. The van der Waals surface area contributed by atoms with Gasteiger partial charge in [-0.05, 0) is 73.2 Å². The number of nitrogens with zero attached hydrogens (tertiary/aromatic N) is 3. The Morgan fingerprint density at radius 1 is 0.750 bits per heavy atom. The number of carbonyl (C=O) groups is 2. The maximum atomic E-state index is 13.6. The van der Waals surface area contributed by atoms with Gasteiger partial charge in [0.1, 0.15) is 5.70 Å². The zero-order valence-corrected chi connectivity index (χ0v) is 19.7. The second kappa shape index (κ2) is 8.74. The smallest absolute Gasteiger partial charge is 0.282 e. The van der Waals surface area contributed by atoms with E-state index in [1.165, 1.54) is 29.1 Å². The van der Waals surface area contributed by atoms with Crippen molar-refractivity contribution in [2.75, 3.05) is 36.0 Å². The lowest BCUT2D eigenvalue weighted by molar-refractivity contribution is -0.120. The Labute approximate surface area is 194 Å². The molecule has 0 N–H and O–H groups in total. The first-order chi connectivity index (χ1) is 15.5. The van der Waals surface area contributed by atoms with Crippen molar-refractivity contribution < 1.29 is 9.59 Å². The average Bonchev–Trinajstić information content (AvgIpc) is 3.41. The molecule has 3 aliphatic rings. The fraction of sp³-hybridized carbons (Fsp3) is 0.462. The summed E-state index contributed by atoms with van der Waals surface area (Å²) < 4.78 is 0. The molecule has 168 valence electrons. The highest BCUT2D eigenvalue weighted by Crippen LogP contribution is 2.38. The predicted molar refractivity (Wildman–Crippen MR) is 131 cm³/mol. The van der Waals surface area contributed by atoms with Crippen LogP contribution in [-0.4, -0.2) is 42.9 Å². The molecule has 1 aromatic carbocycles.